The van der Waals surface area contributed by atoms with Crippen LogP contribution in [0.1, 0.15) is 11.3 Å². The summed E-state index contributed by atoms with van der Waals surface area (Å²) >= 11 is 1.36. The number of anilines is 1. The first kappa shape index (κ1) is 9.08. The minimum Gasteiger partial charge on any atom is -0.364 e. The van der Waals surface area contributed by atoms with Crippen LogP contribution in [0.2, 0.25) is 0 Å². The quantitative estimate of drug-likeness (QED) is 0.832. The molecule has 14 heavy (non-hydrogen) atoms. The lowest BCUT2D eigenvalue weighted by molar-refractivity contribution is 0.986. The lowest BCUT2D eigenvalue weighted by Crippen LogP contribution is -2.02. The number of aromatic nitrogens is 3. The average Bonchev–Trinajstić information content (AvgIpc) is 2.69. The predicted octanol–water partition coefficient (Wildman–Crippen LogP) is 1.85. The van der Waals surface area contributed by atoms with Crippen molar-refractivity contribution in [3.63, 3.8) is 0 Å². The second-order valence-electron chi connectivity index (χ2n) is 2.92. The molecule has 0 aliphatic rings. The molecule has 0 fully saturated rings. The second kappa shape index (κ2) is 4.15. The van der Waals surface area contributed by atoms with Crippen LogP contribution in [0, 0.1) is 6.92 Å². The van der Waals surface area contributed by atoms with E-state index < -0.39 is 0 Å². The van der Waals surface area contributed by atoms with E-state index in [1.54, 1.807) is 6.20 Å². The molecular formula is C9H10N4S. The maximum Gasteiger partial charge on any atom is 0.129 e. The molecule has 5 heteroatoms. The number of nitrogens with zero attached hydrogens (tertiary/aromatic N) is 3. The fourth-order valence-electron chi connectivity index (χ4n) is 1.11. The summed E-state index contributed by atoms with van der Waals surface area (Å²) in [5, 5.41) is 9.07. The molecule has 1 N–H and O–H groups in total. The topological polar surface area (TPSA) is 50.7 Å². The molecule has 0 aliphatic heterocycles. The fourth-order valence-corrected chi connectivity index (χ4v) is 1.56. The van der Waals surface area contributed by atoms with Gasteiger partial charge in [0.05, 0.1) is 12.2 Å². The maximum absolute atomic E-state index is 4.22. The Balaban J connectivity index is 2.02. The van der Waals surface area contributed by atoms with Gasteiger partial charge in [0.1, 0.15) is 5.82 Å². The summed E-state index contributed by atoms with van der Waals surface area (Å²) in [6, 6.07) is 3.94. The Hall–Kier alpha value is -1.49. The number of rotatable bonds is 3. The molecule has 0 spiro atoms. The standard InChI is InChI=1S/C9H10N4S/c1-7-3-2-4-10-9(7)11-5-8-6-14-13-12-8/h2-4,6H,5H2,1H3,(H,10,11). The summed E-state index contributed by atoms with van der Waals surface area (Å²) in [6.45, 7) is 2.70. The minimum atomic E-state index is 0.675. The van der Waals surface area contributed by atoms with Gasteiger partial charge in [-0.1, -0.05) is 10.6 Å². The van der Waals surface area contributed by atoms with Gasteiger partial charge in [-0.25, -0.2) is 4.98 Å². The van der Waals surface area contributed by atoms with Crippen molar-refractivity contribution in [2.75, 3.05) is 5.32 Å². The van der Waals surface area contributed by atoms with Crippen LogP contribution in [0.25, 0.3) is 0 Å². The van der Waals surface area contributed by atoms with Crippen molar-refractivity contribution in [1.82, 2.24) is 14.6 Å². The van der Waals surface area contributed by atoms with Gasteiger partial charge in [0.15, 0.2) is 0 Å². The first-order valence-corrected chi connectivity index (χ1v) is 5.11. The molecule has 4 nitrogen and oxygen atoms in total. The summed E-state index contributed by atoms with van der Waals surface area (Å²) in [6.07, 6.45) is 1.77. The van der Waals surface area contributed by atoms with Gasteiger partial charge in [-0.15, -0.1) is 5.10 Å². The molecule has 0 unspecified atom stereocenters. The van der Waals surface area contributed by atoms with Crippen molar-refractivity contribution in [1.29, 1.82) is 0 Å². The van der Waals surface area contributed by atoms with Gasteiger partial charge >= 0.3 is 0 Å². The van der Waals surface area contributed by atoms with Gasteiger partial charge in [-0.2, -0.15) is 0 Å². The van der Waals surface area contributed by atoms with Crippen LogP contribution >= 0.6 is 11.5 Å². The largest absolute Gasteiger partial charge is 0.364 e. The molecule has 0 bridgehead atoms. The third kappa shape index (κ3) is 2.05. The van der Waals surface area contributed by atoms with E-state index in [-0.39, 0.29) is 0 Å². The van der Waals surface area contributed by atoms with Crippen LogP contribution in [0.3, 0.4) is 0 Å². The van der Waals surface area contributed by atoms with Gasteiger partial charge in [0, 0.05) is 11.6 Å². The van der Waals surface area contributed by atoms with E-state index in [1.165, 1.54) is 11.5 Å². The molecule has 0 radical (unpaired) electrons. The number of hydrogen-bond acceptors (Lipinski definition) is 5. The monoisotopic (exact) mass is 206 g/mol. The molecule has 2 heterocycles. The van der Waals surface area contributed by atoms with E-state index >= 15 is 0 Å². The Morgan fingerprint density at radius 3 is 3.14 bits per heavy atom. The molecule has 0 saturated heterocycles. The Bertz CT molecular complexity index is 399. The van der Waals surface area contributed by atoms with Gasteiger partial charge in [0.25, 0.3) is 0 Å². The Kier molecular flexibility index (Phi) is 2.69. The molecule has 2 rings (SSSR count). The first-order valence-electron chi connectivity index (χ1n) is 4.27. The Labute approximate surface area is 86.2 Å². The highest BCUT2D eigenvalue weighted by molar-refractivity contribution is 7.03. The molecule has 0 atom stereocenters. The van der Waals surface area contributed by atoms with Gasteiger partial charge in [-0.3, -0.25) is 0 Å². The van der Waals surface area contributed by atoms with Gasteiger partial charge < -0.3 is 5.32 Å². The first-order chi connectivity index (χ1) is 6.86. The molecule has 2 aromatic heterocycles. The highest BCUT2D eigenvalue weighted by Gasteiger charge is 1.99. The number of hydrogen-bond donors (Lipinski definition) is 1. The van der Waals surface area contributed by atoms with Gasteiger partial charge in [-0.05, 0) is 30.1 Å². The zero-order valence-electron chi connectivity index (χ0n) is 7.77. The zero-order valence-corrected chi connectivity index (χ0v) is 8.58. The maximum atomic E-state index is 4.22. The van der Waals surface area contributed by atoms with E-state index in [0.29, 0.717) is 6.54 Å². The van der Waals surface area contributed by atoms with Crippen molar-refractivity contribution in [3.05, 3.63) is 35.0 Å². The zero-order chi connectivity index (χ0) is 9.80. The summed E-state index contributed by atoms with van der Waals surface area (Å²) in [7, 11) is 0. The highest BCUT2D eigenvalue weighted by atomic mass is 32.1. The lowest BCUT2D eigenvalue weighted by atomic mass is 10.3. The molecule has 0 amide bonds. The molecule has 2 aromatic rings. The minimum absolute atomic E-state index is 0.675. The highest BCUT2D eigenvalue weighted by Crippen LogP contribution is 2.10. The number of nitrogens with one attached hydrogen (secondary N) is 1. The SMILES string of the molecule is Cc1cccnc1NCc1csnn1. The van der Waals surface area contributed by atoms with Gasteiger partial charge in [0.2, 0.25) is 0 Å². The molecule has 0 aromatic carbocycles. The van der Waals surface area contributed by atoms with E-state index in [2.05, 4.69) is 19.9 Å². The van der Waals surface area contributed by atoms with Crippen molar-refractivity contribution in [2.45, 2.75) is 13.5 Å². The Morgan fingerprint density at radius 1 is 1.50 bits per heavy atom. The van der Waals surface area contributed by atoms with E-state index in [0.717, 1.165) is 17.1 Å². The molecule has 72 valence electrons. The van der Waals surface area contributed by atoms with Crippen molar-refractivity contribution in [3.8, 4) is 0 Å². The molecule has 0 saturated carbocycles. The lowest BCUT2D eigenvalue weighted by Gasteiger charge is -2.05. The van der Waals surface area contributed by atoms with Crippen molar-refractivity contribution < 1.29 is 0 Å². The number of pyridine rings is 1. The van der Waals surface area contributed by atoms with E-state index in [4.69, 9.17) is 0 Å². The predicted molar refractivity (Wildman–Crippen MR) is 56.2 cm³/mol. The van der Waals surface area contributed by atoms with Crippen LogP contribution in [0.5, 0.6) is 0 Å². The third-order valence-corrected chi connectivity index (χ3v) is 2.40. The van der Waals surface area contributed by atoms with E-state index in [9.17, 15) is 0 Å². The molecule has 0 aliphatic carbocycles. The summed E-state index contributed by atoms with van der Waals surface area (Å²) in [5.41, 5.74) is 2.08. The summed E-state index contributed by atoms with van der Waals surface area (Å²) < 4.78 is 3.79. The van der Waals surface area contributed by atoms with E-state index in [1.807, 2.05) is 24.4 Å². The van der Waals surface area contributed by atoms with Crippen LogP contribution in [-0.4, -0.2) is 14.6 Å². The number of aryl methyl sites for hydroxylation is 1. The average molecular weight is 206 g/mol. The smallest absolute Gasteiger partial charge is 0.129 e. The van der Waals surface area contributed by atoms with Crippen molar-refractivity contribution >= 4 is 17.4 Å². The van der Waals surface area contributed by atoms with Crippen LogP contribution in [0.15, 0.2) is 23.7 Å². The normalized spacial score (nSPS) is 10.1. The third-order valence-electron chi connectivity index (χ3n) is 1.85. The summed E-state index contributed by atoms with van der Waals surface area (Å²) in [5.74, 6) is 0.903. The van der Waals surface area contributed by atoms with Crippen molar-refractivity contribution in [2.24, 2.45) is 0 Å². The van der Waals surface area contributed by atoms with Crippen LogP contribution < -0.4 is 5.32 Å². The molecular weight excluding hydrogens is 196 g/mol. The van der Waals surface area contributed by atoms with Crippen LogP contribution in [0.4, 0.5) is 5.82 Å². The second-order valence-corrected chi connectivity index (χ2v) is 3.53. The summed E-state index contributed by atoms with van der Waals surface area (Å²) in [4.78, 5) is 4.22. The van der Waals surface area contributed by atoms with Crippen LogP contribution in [-0.2, 0) is 6.54 Å². The Morgan fingerprint density at radius 2 is 2.43 bits per heavy atom. The fraction of sp³-hybridized carbons (Fsp3) is 0.222.